The lowest BCUT2D eigenvalue weighted by atomic mass is 10.0. The Kier molecular flexibility index (Phi) is 17.1. The second-order valence-electron chi connectivity index (χ2n) is 9.74. The number of aliphatic hydroxyl groups excluding tert-OH is 1. The zero-order valence-corrected chi connectivity index (χ0v) is 21.3. The van der Waals surface area contributed by atoms with E-state index in [0.29, 0.717) is 4.48 Å². The number of rotatable bonds is 21. The summed E-state index contributed by atoms with van der Waals surface area (Å²) in [7, 11) is 0. The maximum atomic E-state index is 10.2. The summed E-state index contributed by atoms with van der Waals surface area (Å²) in [4.78, 5) is 0. The first-order chi connectivity index (χ1) is 15.2. The minimum absolute atomic E-state index is 0.270. The fourth-order valence-corrected chi connectivity index (χ4v) is 4.93. The van der Waals surface area contributed by atoms with Crippen molar-refractivity contribution in [1.82, 2.24) is 5.32 Å². The van der Waals surface area contributed by atoms with Gasteiger partial charge in [-0.1, -0.05) is 115 Å². The zero-order valence-electron chi connectivity index (χ0n) is 21.3. The van der Waals surface area contributed by atoms with Crippen LogP contribution in [0.2, 0.25) is 0 Å². The Morgan fingerprint density at radius 2 is 1.26 bits per heavy atom. The molecule has 1 aliphatic heterocycles. The van der Waals surface area contributed by atoms with Crippen molar-refractivity contribution in [3.8, 4) is 0 Å². The fraction of sp³-hybridized carbons (Fsp3) is 0.857. The molecule has 0 spiro atoms. The molecule has 3 nitrogen and oxygen atoms in total. The average Bonchev–Trinajstić information content (AvgIpc) is 3.19. The van der Waals surface area contributed by atoms with E-state index in [1.807, 2.05) is 13.1 Å². The van der Waals surface area contributed by atoms with E-state index in [9.17, 15) is 5.11 Å². The van der Waals surface area contributed by atoms with Crippen LogP contribution in [0.5, 0.6) is 0 Å². The second-order valence-corrected chi connectivity index (χ2v) is 9.74. The first kappa shape index (κ1) is 28.2. The van der Waals surface area contributed by atoms with Gasteiger partial charge >= 0.3 is 0 Å². The van der Waals surface area contributed by atoms with E-state index >= 15 is 0 Å². The molecule has 0 aromatic rings. The highest BCUT2D eigenvalue weighted by Crippen LogP contribution is 2.24. The van der Waals surface area contributed by atoms with Crippen molar-refractivity contribution < 1.29 is 9.59 Å². The third kappa shape index (κ3) is 12.1. The molecule has 3 atom stereocenters. The van der Waals surface area contributed by atoms with Crippen LogP contribution in [0.15, 0.2) is 24.6 Å². The Morgan fingerprint density at radius 1 is 0.774 bits per heavy atom. The monoisotopic (exact) mass is 435 g/mol. The van der Waals surface area contributed by atoms with Crippen molar-refractivity contribution in [2.45, 2.75) is 149 Å². The van der Waals surface area contributed by atoms with E-state index in [1.54, 1.807) is 0 Å². The molecule has 1 rings (SSSR count). The van der Waals surface area contributed by atoms with Crippen LogP contribution in [0.25, 0.3) is 0 Å². The van der Waals surface area contributed by atoms with Gasteiger partial charge in [-0.3, -0.25) is 4.48 Å². The van der Waals surface area contributed by atoms with Crippen LogP contribution < -0.4 is 5.32 Å². The van der Waals surface area contributed by atoms with E-state index in [0.717, 1.165) is 13.0 Å². The SMILES string of the molecule is CCCCCCCCCCCCCCCCCC/C=C/CC1NC=C[N+]1(CC)C(C)O. The van der Waals surface area contributed by atoms with Gasteiger partial charge in [0.2, 0.25) is 0 Å². The van der Waals surface area contributed by atoms with Gasteiger partial charge in [-0.15, -0.1) is 0 Å². The molecule has 182 valence electrons. The number of unbranched alkanes of at least 4 members (excludes halogenated alkanes) is 16. The van der Waals surface area contributed by atoms with E-state index in [2.05, 4.69) is 37.5 Å². The molecule has 1 aliphatic rings. The van der Waals surface area contributed by atoms with Gasteiger partial charge in [-0.25, -0.2) is 0 Å². The molecular formula is C28H55N2O+. The molecule has 0 fully saturated rings. The molecule has 0 aromatic carbocycles. The molecule has 0 aromatic heterocycles. The number of hydrogen-bond donors (Lipinski definition) is 2. The minimum atomic E-state index is -0.366. The molecule has 3 heteroatoms. The molecule has 1 heterocycles. The molecule has 3 unspecified atom stereocenters. The lowest BCUT2D eigenvalue weighted by molar-refractivity contribution is -0.941. The zero-order chi connectivity index (χ0) is 22.6. The number of nitrogens with zero attached hydrogens (tertiary/aromatic N) is 1. The summed E-state index contributed by atoms with van der Waals surface area (Å²) >= 11 is 0. The number of aliphatic hydroxyl groups is 1. The summed E-state index contributed by atoms with van der Waals surface area (Å²) in [6, 6.07) is 0. The van der Waals surface area contributed by atoms with Crippen molar-refractivity contribution in [3.63, 3.8) is 0 Å². The van der Waals surface area contributed by atoms with Crippen LogP contribution in [0.1, 0.15) is 136 Å². The highest BCUT2D eigenvalue weighted by molar-refractivity contribution is 4.91. The van der Waals surface area contributed by atoms with E-state index in [-0.39, 0.29) is 12.4 Å². The normalized spacial score (nSPS) is 21.7. The molecule has 0 amide bonds. The number of quaternary nitrogens is 1. The van der Waals surface area contributed by atoms with Crippen LogP contribution in [-0.4, -0.2) is 28.5 Å². The van der Waals surface area contributed by atoms with Gasteiger partial charge in [0, 0.05) is 13.3 Å². The van der Waals surface area contributed by atoms with Gasteiger partial charge in [0.25, 0.3) is 0 Å². The minimum Gasteiger partial charge on any atom is -0.345 e. The van der Waals surface area contributed by atoms with Gasteiger partial charge in [-0.2, -0.15) is 0 Å². The Morgan fingerprint density at radius 3 is 1.71 bits per heavy atom. The second kappa shape index (κ2) is 18.7. The van der Waals surface area contributed by atoms with Gasteiger partial charge < -0.3 is 10.4 Å². The number of allylic oxidation sites excluding steroid dienone is 1. The quantitative estimate of drug-likeness (QED) is 0.108. The molecular weight excluding hydrogens is 380 g/mol. The van der Waals surface area contributed by atoms with E-state index in [1.165, 1.54) is 109 Å². The summed E-state index contributed by atoms with van der Waals surface area (Å²) in [5.41, 5.74) is 0. The summed E-state index contributed by atoms with van der Waals surface area (Å²) in [6.45, 7) is 7.26. The standard InChI is InChI=1S/C28H55N2O/c1-4-6-7-8-9-10-11-12-13-14-15-16-17-18-19-20-21-22-23-24-28-29-25-26-30(28,5-2)27(3)31/h22-23,25-29,31H,4-21,24H2,1-3H3/q+1/b23-22+. The predicted octanol–water partition coefficient (Wildman–Crippen LogP) is 8.16. The Balaban J connectivity index is 1.86. The fourth-order valence-electron chi connectivity index (χ4n) is 4.93. The molecule has 0 saturated carbocycles. The smallest absolute Gasteiger partial charge is 0.193 e. The summed E-state index contributed by atoms with van der Waals surface area (Å²) in [6.07, 6.45) is 33.7. The maximum absolute atomic E-state index is 10.2. The first-order valence-corrected chi connectivity index (χ1v) is 13.8. The lowest BCUT2D eigenvalue weighted by Gasteiger charge is -2.38. The van der Waals surface area contributed by atoms with Crippen LogP contribution in [-0.2, 0) is 0 Å². The Labute approximate surface area is 195 Å². The van der Waals surface area contributed by atoms with Gasteiger partial charge in [-0.05, 0) is 19.8 Å². The number of hydrogen-bond acceptors (Lipinski definition) is 2. The molecule has 0 aliphatic carbocycles. The third-order valence-electron chi connectivity index (χ3n) is 7.21. The van der Waals surface area contributed by atoms with Gasteiger partial charge in [0.1, 0.15) is 6.20 Å². The first-order valence-electron chi connectivity index (χ1n) is 13.8. The lowest BCUT2D eigenvalue weighted by Crippen LogP contribution is -2.57. The highest BCUT2D eigenvalue weighted by Gasteiger charge is 2.40. The average molecular weight is 436 g/mol. The van der Waals surface area contributed by atoms with Crippen molar-refractivity contribution in [2.24, 2.45) is 0 Å². The van der Waals surface area contributed by atoms with Crippen molar-refractivity contribution in [2.75, 3.05) is 6.54 Å². The summed E-state index contributed by atoms with van der Waals surface area (Å²) in [5.74, 6) is 0. The Bertz CT molecular complexity index is 460. The summed E-state index contributed by atoms with van der Waals surface area (Å²) < 4.78 is 0.628. The van der Waals surface area contributed by atoms with Crippen LogP contribution in [0.3, 0.4) is 0 Å². The summed E-state index contributed by atoms with van der Waals surface area (Å²) in [5, 5.41) is 13.6. The third-order valence-corrected chi connectivity index (χ3v) is 7.21. The van der Waals surface area contributed by atoms with Crippen LogP contribution in [0, 0.1) is 0 Å². The van der Waals surface area contributed by atoms with Crippen molar-refractivity contribution in [3.05, 3.63) is 24.6 Å². The highest BCUT2D eigenvalue weighted by atomic mass is 16.3. The van der Waals surface area contributed by atoms with Crippen LogP contribution >= 0.6 is 0 Å². The topological polar surface area (TPSA) is 32.3 Å². The molecule has 0 bridgehead atoms. The van der Waals surface area contributed by atoms with Gasteiger partial charge in [0.15, 0.2) is 12.4 Å². The van der Waals surface area contributed by atoms with Crippen molar-refractivity contribution in [1.29, 1.82) is 0 Å². The van der Waals surface area contributed by atoms with E-state index < -0.39 is 0 Å². The Hall–Kier alpha value is -0.800. The predicted molar refractivity (Wildman–Crippen MR) is 136 cm³/mol. The van der Waals surface area contributed by atoms with Crippen molar-refractivity contribution >= 4 is 0 Å². The molecule has 2 N–H and O–H groups in total. The molecule has 0 radical (unpaired) electrons. The molecule has 0 saturated heterocycles. The van der Waals surface area contributed by atoms with Crippen LogP contribution in [0.4, 0.5) is 0 Å². The molecule has 31 heavy (non-hydrogen) atoms. The van der Waals surface area contributed by atoms with E-state index in [4.69, 9.17) is 0 Å². The maximum Gasteiger partial charge on any atom is 0.193 e. The van der Waals surface area contributed by atoms with Gasteiger partial charge in [0.05, 0.1) is 12.7 Å². The number of nitrogens with one attached hydrogen (secondary N) is 1. The largest absolute Gasteiger partial charge is 0.345 e.